The number of hydrogen-bond acceptors (Lipinski definition) is 2. The van der Waals surface area contributed by atoms with Gasteiger partial charge in [-0.3, -0.25) is 0 Å². The second kappa shape index (κ2) is 6.02. The highest BCUT2D eigenvalue weighted by atomic mass is 16.5. The van der Waals surface area contributed by atoms with E-state index in [0.717, 1.165) is 13.2 Å². The van der Waals surface area contributed by atoms with Crippen LogP contribution in [0, 0.1) is 11.3 Å². The van der Waals surface area contributed by atoms with Gasteiger partial charge in [0.15, 0.2) is 0 Å². The van der Waals surface area contributed by atoms with Crippen molar-refractivity contribution < 1.29 is 4.74 Å². The van der Waals surface area contributed by atoms with Gasteiger partial charge in [0.2, 0.25) is 0 Å². The van der Waals surface area contributed by atoms with E-state index in [0.29, 0.717) is 23.4 Å². The summed E-state index contributed by atoms with van der Waals surface area (Å²) in [6, 6.07) is 1.21. The Kier molecular flexibility index (Phi) is 5.26. The summed E-state index contributed by atoms with van der Waals surface area (Å²) in [5.41, 5.74) is 0.533. The fourth-order valence-corrected chi connectivity index (χ4v) is 2.56. The van der Waals surface area contributed by atoms with E-state index in [4.69, 9.17) is 4.74 Å². The molecule has 0 saturated heterocycles. The van der Waals surface area contributed by atoms with Gasteiger partial charge in [0.05, 0.1) is 6.61 Å². The van der Waals surface area contributed by atoms with Gasteiger partial charge < -0.3 is 10.1 Å². The van der Waals surface area contributed by atoms with Gasteiger partial charge in [0.1, 0.15) is 0 Å². The molecule has 1 rings (SSSR count). The molecule has 2 nitrogen and oxygen atoms in total. The molecule has 0 amide bonds. The second-order valence-corrected chi connectivity index (χ2v) is 6.28. The van der Waals surface area contributed by atoms with Crippen LogP contribution < -0.4 is 5.32 Å². The molecule has 16 heavy (non-hydrogen) atoms. The van der Waals surface area contributed by atoms with Crippen LogP contribution in [0.25, 0.3) is 0 Å². The first kappa shape index (κ1) is 14.0. The SMILES string of the molecule is CCOCC(NC1CCC(C)(C)C1)C(C)C. The van der Waals surface area contributed by atoms with E-state index < -0.39 is 0 Å². The summed E-state index contributed by atoms with van der Waals surface area (Å²) < 4.78 is 5.56. The molecular weight excluding hydrogens is 198 g/mol. The maximum Gasteiger partial charge on any atom is 0.0622 e. The summed E-state index contributed by atoms with van der Waals surface area (Å²) in [4.78, 5) is 0. The summed E-state index contributed by atoms with van der Waals surface area (Å²) in [5, 5.41) is 3.78. The number of rotatable bonds is 6. The Morgan fingerprint density at radius 2 is 2.06 bits per heavy atom. The van der Waals surface area contributed by atoms with Gasteiger partial charge in [-0.1, -0.05) is 27.7 Å². The minimum Gasteiger partial charge on any atom is -0.380 e. The van der Waals surface area contributed by atoms with Gasteiger partial charge in [-0.2, -0.15) is 0 Å². The molecule has 2 unspecified atom stereocenters. The van der Waals surface area contributed by atoms with E-state index in [1.54, 1.807) is 0 Å². The standard InChI is InChI=1S/C14H29NO/c1-6-16-10-13(11(2)3)15-12-7-8-14(4,5)9-12/h11-13,15H,6-10H2,1-5H3. The van der Waals surface area contributed by atoms with Crippen LogP contribution in [-0.4, -0.2) is 25.3 Å². The number of nitrogens with one attached hydrogen (secondary N) is 1. The first-order valence-electron chi connectivity index (χ1n) is 6.78. The zero-order valence-corrected chi connectivity index (χ0v) is 11.7. The van der Waals surface area contributed by atoms with E-state index >= 15 is 0 Å². The van der Waals surface area contributed by atoms with Crippen molar-refractivity contribution in [3.05, 3.63) is 0 Å². The summed E-state index contributed by atoms with van der Waals surface area (Å²) in [5.74, 6) is 0.648. The van der Waals surface area contributed by atoms with E-state index in [1.807, 2.05) is 0 Å². The third-order valence-corrected chi connectivity index (χ3v) is 3.72. The van der Waals surface area contributed by atoms with Crippen LogP contribution in [0.5, 0.6) is 0 Å². The lowest BCUT2D eigenvalue weighted by Gasteiger charge is -2.27. The summed E-state index contributed by atoms with van der Waals surface area (Å²) >= 11 is 0. The van der Waals surface area contributed by atoms with Crippen molar-refractivity contribution in [3.63, 3.8) is 0 Å². The molecule has 2 atom stereocenters. The third-order valence-electron chi connectivity index (χ3n) is 3.72. The van der Waals surface area contributed by atoms with Crippen LogP contribution in [0.3, 0.4) is 0 Å². The fraction of sp³-hybridized carbons (Fsp3) is 1.00. The summed E-state index contributed by atoms with van der Waals surface area (Å²) in [7, 11) is 0. The Balaban J connectivity index is 2.37. The van der Waals surface area contributed by atoms with Crippen LogP contribution >= 0.6 is 0 Å². The van der Waals surface area contributed by atoms with E-state index in [9.17, 15) is 0 Å². The zero-order chi connectivity index (χ0) is 12.2. The molecule has 1 saturated carbocycles. The van der Waals surface area contributed by atoms with E-state index in [-0.39, 0.29) is 0 Å². The molecule has 1 N–H and O–H groups in total. The summed E-state index contributed by atoms with van der Waals surface area (Å²) in [6.07, 6.45) is 3.98. The zero-order valence-electron chi connectivity index (χ0n) is 11.7. The molecule has 0 aromatic heterocycles. The maximum atomic E-state index is 5.56. The van der Waals surface area contributed by atoms with Crippen molar-refractivity contribution in [1.82, 2.24) is 5.32 Å². The van der Waals surface area contributed by atoms with Crippen LogP contribution in [0.1, 0.15) is 53.9 Å². The highest BCUT2D eigenvalue weighted by Crippen LogP contribution is 2.37. The topological polar surface area (TPSA) is 21.3 Å². The van der Waals surface area contributed by atoms with Crippen molar-refractivity contribution in [1.29, 1.82) is 0 Å². The molecule has 0 radical (unpaired) electrons. The minimum absolute atomic E-state index is 0.513. The van der Waals surface area contributed by atoms with Gasteiger partial charge in [-0.25, -0.2) is 0 Å². The smallest absolute Gasteiger partial charge is 0.0622 e. The Labute approximate surface area is 101 Å². The van der Waals surface area contributed by atoms with Crippen LogP contribution in [0.2, 0.25) is 0 Å². The third kappa shape index (κ3) is 4.42. The monoisotopic (exact) mass is 227 g/mol. The molecule has 0 spiro atoms. The van der Waals surface area contributed by atoms with Gasteiger partial charge in [-0.05, 0) is 37.5 Å². The molecule has 0 aromatic rings. The predicted molar refractivity (Wildman–Crippen MR) is 69.7 cm³/mol. The number of ether oxygens (including phenoxy) is 1. The molecule has 1 fully saturated rings. The fourth-order valence-electron chi connectivity index (χ4n) is 2.56. The lowest BCUT2D eigenvalue weighted by atomic mass is 9.91. The molecule has 0 aromatic carbocycles. The molecule has 1 aliphatic rings. The second-order valence-electron chi connectivity index (χ2n) is 6.28. The normalized spacial score (nSPS) is 26.2. The lowest BCUT2D eigenvalue weighted by molar-refractivity contribution is 0.103. The van der Waals surface area contributed by atoms with Crippen LogP contribution in [0.4, 0.5) is 0 Å². The highest BCUT2D eigenvalue weighted by Gasteiger charge is 2.32. The molecule has 2 heteroatoms. The van der Waals surface area contributed by atoms with Crippen molar-refractivity contribution in [3.8, 4) is 0 Å². The van der Waals surface area contributed by atoms with Gasteiger partial charge in [-0.15, -0.1) is 0 Å². The predicted octanol–water partition coefficient (Wildman–Crippen LogP) is 3.22. The molecule has 0 heterocycles. The molecular formula is C14H29NO. The van der Waals surface area contributed by atoms with Crippen molar-refractivity contribution in [2.75, 3.05) is 13.2 Å². The molecule has 1 aliphatic carbocycles. The van der Waals surface area contributed by atoms with Gasteiger partial charge in [0.25, 0.3) is 0 Å². The molecule has 0 aliphatic heterocycles. The van der Waals surface area contributed by atoms with Gasteiger partial charge in [0, 0.05) is 18.7 Å². The van der Waals surface area contributed by atoms with E-state index in [1.165, 1.54) is 19.3 Å². The maximum absolute atomic E-state index is 5.56. The molecule has 0 bridgehead atoms. The quantitative estimate of drug-likeness (QED) is 0.752. The largest absolute Gasteiger partial charge is 0.380 e. The van der Waals surface area contributed by atoms with Crippen molar-refractivity contribution in [2.45, 2.75) is 66.0 Å². The van der Waals surface area contributed by atoms with Crippen LogP contribution in [0.15, 0.2) is 0 Å². The first-order chi connectivity index (χ1) is 7.44. The first-order valence-corrected chi connectivity index (χ1v) is 6.78. The van der Waals surface area contributed by atoms with Crippen LogP contribution in [-0.2, 0) is 4.74 Å². The Bertz CT molecular complexity index is 201. The minimum atomic E-state index is 0.513. The van der Waals surface area contributed by atoms with Crippen molar-refractivity contribution >= 4 is 0 Å². The van der Waals surface area contributed by atoms with Crippen molar-refractivity contribution in [2.24, 2.45) is 11.3 Å². The Hall–Kier alpha value is -0.0800. The number of hydrogen-bond donors (Lipinski definition) is 1. The average molecular weight is 227 g/mol. The summed E-state index contributed by atoms with van der Waals surface area (Å²) in [6.45, 7) is 13.0. The lowest BCUT2D eigenvalue weighted by Crippen LogP contribution is -2.43. The Morgan fingerprint density at radius 3 is 2.50 bits per heavy atom. The average Bonchev–Trinajstić information content (AvgIpc) is 2.52. The van der Waals surface area contributed by atoms with E-state index in [2.05, 4.69) is 39.9 Å². The highest BCUT2D eigenvalue weighted by molar-refractivity contribution is 4.88. The Morgan fingerprint density at radius 1 is 1.38 bits per heavy atom. The van der Waals surface area contributed by atoms with Gasteiger partial charge >= 0.3 is 0 Å². The molecule has 96 valence electrons.